The maximum absolute atomic E-state index is 12.6. The summed E-state index contributed by atoms with van der Waals surface area (Å²) in [6, 6.07) is 0.942. The lowest BCUT2D eigenvalue weighted by molar-refractivity contribution is 0.0998. The fourth-order valence-electron chi connectivity index (χ4n) is 4.60. The van der Waals surface area contributed by atoms with E-state index in [9.17, 15) is 4.79 Å². The Labute approximate surface area is 139 Å². The molecule has 1 aliphatic carbocycles. The number of likely N-dealkylation sites (tertiary alicyclic amines) is 1. The molecular formula is C17H31N3OS. The van der Waals surface area contributed by atoms with Crippen molar-refractivity contribution in [3.05, 3.63) is 0 Å². The normalized spacial score (nSPS) is 32.4. The topological polar surface area (TPSA) is 35.6 Å². The largest absolute Gasteiger partial charge is 0.336 e. The van der Waals surface area contributed by atoms with Crippen molar-refractivity contribution in [3.8, 4) is 0 Å². The van der Waals surface area contributed by atoms with E-state index in [0.717, 1.165) is 19.4 Å². The highest BCUT2D eigenvalue weighted by molar-refractivity contribution is 7.99. The predicted molar refractivity (Wildman–Crippen MR) is 93.5 cm³/mol. The molecule has 0 unspecified atom stereocenters. The van der Waals surface area contributed by atoms with Crippen LogP contribution in [0.5, 0.6) is 0 Å². The zero-order valence-electron chi connectivity index (χ0n) is 14.1. The first kappa shape index (κ1) is 16.4. The quantitative estimate of drug-likeness (QED) is 0.866. The van der Waals surface area contributed by atoms with E-state index in [4.69, 9.17) is 0 Å². The van der Waals surface area contributed by atoms with Crippen molar-refractivity contribution >= 4 is 17.8 Å². The third kappa shape index (κ3) is 3.25. The molecule has 1 saturated carbocycles. The first-order chi connectivity index (χ1) is 10.6. The Bertz CT molecular complexity index is 381. The monoisotopic (exact) mass is 325 g/mol. The molecule has 126 valence electrons. The molecule has 0 spiro atoms. The lowest BCUT2D eigenvalue weighted by Gasteiger charge is -2.44. The Kier molecular flexibility index (Phi) is 5.23. The lowest BCUT2D eigenvalue weighted by Crippen LogP contribution is -2.58. The molecule has 2 atom stereocenters. The molecule has 3 fully saturated rings. The maximum Gasteiger partial charge on any atom is 0.317 e. The van der Waals surface area contributed by atoms with Crippen LogP contribution in [0, 0.1) is 0 Å². The van der Waals surface area contributed by atoms with E-state index < -0.39 is 0 Å². The second kappa shape index (κ2) is 7.00. The number of carbonyl (C=O) groups excluding carboxylic acids is 1. The fourth-order valence-corrected chi connectivity index (χ4v) is 5.51. The zero-order valence-corrected chi connectivity index (χ0v) is 15.0. The Morgan fingerprint density at radius 3 is 2.32 bits per heavy atom. The van der Waals surface area contributed by atoms with E-state index in [1.54, 1.807) is 0 Å². The number of nitrogens with one attached hydrogen (secondary N) is 1. The second-order valence-electron chi connectivity index (χ2n) is 7.37. The van der Waals surface area contributed by atoms with Gasteiger partial charge in [-0.05, 0) is 39.5 Å². The number of hydrogen-bond acceptors (Lipinski definition) is 3. The van der Waals surface area contributed by atoms with Crippen LogP contribution in [0.15, 0.2) is 0 Å². The van der Waals surface area contributed by atoms with Crippen molar-refractivity contribution in [1.82, 2.24) is 15.1 Å². The average molecular weight is 326 g/mol. The number of carbonyl (C=O) groups is 1. The molecule has 2 heterocycles. The molecule has 0 radical (unpaired) electrons. The van der Waals surface area contributed by atoms with Gasteiger partial charge in [0.25, 0.3) is 0 Å². The summed E-state index contributed by atoms with van der Waals surface area (Å²) in [5, 5.41) is 3.30. The molecule has 0 bridgehead atoms. The minimum absolute atomic E-state index is 0.162. The standard InChI is InChI=1S/C17H31N3OS/c1-14-5-6-15(2)20(14)16(21)18-13-17(7-3-4-8-17)19-9-11-22-12-10-19/h14-15H,3-13H2,1-2H3,(H,18,21)/t14-,15+. The molecule has 5 heteroatoms. The van der Waals surface area contributed by atoms with E-state index >= 15 is 0 Å². The first-order valence-corrected chi connectivity index (χ1v) is 10.2. The summed E-state index contributed by atoms with van der Waals surface area (Å²) in [7, 11) is 0. The summed E-state index contributed by atoms with van der Waals surface area (Å²) in [5.41, 5.74) is 0.239. The molecule has 3 rings (SSSR count). The average Bonchev–Trinajstić information content (AvgIpc) is 3.14. The summed E-state index contributed by atoms with van der Waals surface area (Å²) < 4.78 is 0. The van der Waals surface area contributed by atoms with Crippen LogP contribution < -0.4 is 5.32 Å². The molecule has 1 N–H and O–H groups in total. The molecule has 0 aromatic carbocycles. The van der Waals surface area contributed by atoms with Crippen LogP contribution in [0.1, 0.15) is 52.4 Å². The zero-order chi connectivity index (χ0) is 15.6. The van der Waals surface area contributed by atoms with Gasteiger partial charge in [-0.25, -0.2) is 4.79 Å². The fraction of sp³-hybridized carbons (Fsp3) is 0.941. The molecular weight excluding hydrogens is 294 g/mol. The first-order valence-electron chi connectivity index (χ1n) is 9.01. The van der Waals surface area contributed by atoms with E-state index in [0.29, 0.717) is 12.1 Å². The van der Waals surface area contributed by atoms with Crippen LogP contribution in [0.3, 0.4) is 0 Å². The van der Waals surface area contributed by atoms with Crippen molar-refractivity contribution in [1.29, 1.82) is 0 Å². The SMILES string of the molecule is C[C@@H]1CC[C@H](C)N1C(=O)NCC1(N2CCSCC2)CCCC1. The molecule has 22 heavy (non-hydrogen) atoms. The van der Waals surface area contributed by atoms with Gasteiger partial charge in [-0.1, -0.05) is 12.8 Å². The molecule has 2 saturated heterocycles. The molecule has 0 aromatic rings. The van der Waals surface area contributed by atoms with Gasteiger partial charge in [0.05, 0.1) is 0 Å². The van der Waals surface area contributed by atoms with Gasteiger partial charge in [-0.3, -0.25) is 4.90 Å². The summed E-state index contributed by atoms with van der Waals surface area (Å²) in [6.07, 6.45) is 7.42. The van der Waals surface area contributed by atoms with Crippen molar-refractivity contribution in [2.45, 2.75) is 70.0 Å². The smallest absolute Gasteiger partial charge is 0.317 e. The van der Waals surface area contributed by atoms with E-state index in [-0.39, 0.29) is 11.6 Å². The predicted octanol–water partition coefficient (Wildman–Crippen LogP) is 2.93. The Balaban J connectivity index is 1.61. The Hall–Kier alpha value is -0.420. The second-order valence-corrected chi connectivity index (χ2v) is 8.60. The molecule has 3 aliphatic rings. The number of hydrogen-bond donors (Lipinski definition) is 1. The highest BCUT2D eigenvalue weighted by atomic mass is 32.2. The van der Waals surface area contributed by atoms with Crippen molar-refractivity contribution < 1.29 is 4.79 Å². The van der Waals surface area contributed by atoms with E-state index in [1.807, 2.05) is 0 Å². The summed E-state index contributed by atoms with van der Waals surface area (Å²) in [4.78, 5) is 17.4. The van der Waals surface area contributed by atoms with Gasteiger partial charge < -0.3 is 10.2 Å². The minimum Gasteiger partial charge on any atom is -0.336 e. The minimum atomic E-state index is 0.162. The summed E-state index contributed by atoms with van der Waals surface area (Å²) in [5.74, 6) is 2.49. The number of urea groups is 1. The van der Waals surface area contributed by atoms with Crippen LogP contribution in [-0.4, -0.2) is 64.6 Å². The van der Waals surface area contributed by atoms with Crippen LogP contribution in [0.2, 0.25) is 0 Å². The summed E-state index contributed by atoms with van der Waals surface area (Å²) in [6.45, 7) is 7.58. The van der Waals surface area contributed by atoms with Crippen LogP contribution in [0.25, 0.3) is 0 Å². The number of amides is 2. The van der Waals surface area contributed by atoms with Crippen molar-refractivity contribution in [3.63, 3.8) is 0 Å². The van der Waals surface area contributed by atoms with Crippen LogP contribution >= 0.6 is 11.8 Å². The van der Waals surface area contributed by atoms with Gasteiger partial charge in [0.2, 0.25) is 0 Å². The van der Waals surface area contributed by atoms with Crippen molar-refractivity contribution in [2.75, 3.05) is 31.1 Å². The van der Waals surface area contributed by atoms with Gasteiger partial charge in [-0.15, -0.1) is 0 Å². The van der Waals surface area contributed by atoms with Gasteiger partial charge in [0, 0.05) is 48.8 Å². The third-order valence-corrected chi connectivity index (χ3v) is 6.91. The number of thioether (sulfide) groups is 1. The van der Waals surface area contributed by atoms with Crippen LogP contribution in [-0.2, 0) is 0 Å². The van der Waals surface area contributed by atoms with Gasteiger partial charge >= 0.3 is 6.03 Å². The van der Waals surface area contributed by atoms with E-state index in [1.165, 1.54) is 50.3 Å². The highest BCUT2D eigenvalue weighted by Gasteiger charge is 2.41. The number of nitrogens with zero attached hydrogens (tertiary/aromatic N) is 2. The van der Waals surface area contributed by atoms with Crippen LogP contribution in [0.4, 0.5) is 4.79 Å². The van der Waals surface area contributed by atoms with Gasteiger partial charge in [0.1, 0.15) is 0 Å². The maximum atomic E-state index is 12.6. The molecule has 4 nitrogen and oxygen atoms in total. The highest BCUT2D eigenvalue weighted by Crippen LogP contribution is 2.36. The lowest BCUT2D eigenvalue weighted by atomic mass is 9.94. The Morgan fingerprint density at radius 1 is 1.14 bits per heavy atom. The third-order valence-electron chi connectivity index (χ3n) is 5.97. The molecule has 2 amide bonds. The Morgan fingerprint density at radius 2 is 1.73 bits per heavy atom. The van der Waals surface area contributed by atoms with E-state index in [2.05, 4.69) is 40.7 Å². The summed E-state index contributed by atoms with van der Waals surface area (Å²) >= 11 is 2.06. The molecule has 2 aliphatic heterocycles. The van der Waals surface area contributed by atoms with Crippen molar-refractivity contribution in [2.24, 2.45) is 0 Å². The number of rotatable bonds is 3. The van der Waals surface area contributed by atoms with Gasteiger partial charge in [0.15, 0.2) is 0 Å². The van der Waals surface area contributed by atoms with Gasteiger partial charge in [-0.2, -0.15) is 11.8 Å². The molecule has 0 aromatic heterocycles.